The molecule has 7 nitrogen and oxygen atoms in total. The molecule has 0 bridgehead atoms. The van der Waals surface area contributed by atoms with Crippen LogP contribution in [0.3, 0.4) is 0 Å². The second kappa shape index (κ2) is 7.61. The molecule has 2 aliphatic heterocycles. The third kappa shape index (κ3) is 4.13. The van der Waals surface area contributed by atoms with Crippen LogP contribution in [0.5, 0.6) is 0 Å². The highest BCUT2D eigenvalue weighted by atomic mass is 16.5. The number of aryl methyl sites for hydroxylation is 1. The fourth-order valence-corrected chi connectivity index (χ4v) is 3.77. The fourth-order valence-electron chi connectivity index (χ4n) is 3.77. The van der Waals surface area contributed by atoms with Crippen molar-refractivity contribution in [2.45, 2.75) is 39.7 Å². The van der Waals surface area contributed by atoms with Gasteiger partial charge in [-0.3, -0.25) is 9.69 Å². The number of likely N-dealkylation sites (tertiary alicyclic amines) is 1. The molecule has 1 amide bonds. The summed E-state index contributed by atoms with van der Waals surface area (Å²) in [6.45, 7) is 12.9. The Balaban J connectivity index is 1.42. The Kier molecular flexibility index (Phi) is 5.50. The summed E-state index contributed by atoms with van der Waals surface area (Å²) in [6, 6.07) is 0.187. The standard InChI is InChI=1S/C17H29N5O2/c1-13(17-18-14(2)19-24-17)21-10-8-20(9-11-21)12-16-4-6-22(7-5-16)15(3)23/h13,16H,4-12H2,1-3H3/t13-/m1/s1. The first-order valence-corrected chi connectivity index (χ1v) is 9.05. The molecule has 0 unspecified atom stereocenters. The molecular formula is C17H29N5O2. The maximum atomic E-state index is 11.4. The second-order valence-electron chi connectivity index (χ2n) is 7.14. The van der Waals surface area contributed by atoms with E-state index < -0.39 is 0 Å². The number of rotatable bonds is 4. The van der Waals surface area contributed by atoms with Gasteiger partial charge in [0.1, 0.15) is 0 Å². The Hall–Kier alpha value is -1.47. The van der Waals surface area contributed by atoms with Crippen LogP contribution in [0, 0.1) is 12.8 Å². The van der Waals surface area contributed by atoms with Crippen LogP contribution in [-0.4, -0.2) is 76.6 Å². The smallest absolute Gasteiger partial charge is 0.243 e. The lowest BCUT2D eigenvalue weighted by Gasteiger charge is -2.39. The molecule has 7 heteroatoms. The number of carbonyl (C=O) groups excluding carboxylic acids is 1. The highest BCUT2D eigenvalue weighted by Crippen LogP contribution is 2.22. The van der Waals surface area contributed by atoms with Crippen LogP contribution in [0.4, 0.5) is 0 Å². The fraction of sp³-hybridized carbons (Fsp3) is 0.824. The van der Waals surface area contributed by atoms with Gasteiger partial charge in [0.25, 0.3) is 0 Å². The molecule has 134 valence electrons. The maximum absolute atomic E-state index is 11.4. The molecule has 2 fully saturated rings. The molecule has 3 heterocycles. The normalized spacial score (nSPS) is 22.7. The molecule has 0 radical (unpaired) electrons. The molecule has 2 aliphatic rings. The van der Waals surface area contributed by atoms with E-state index >= 15 is 0 Å². The topological polar surface area (TPSA) is 65.7 Å². The number of hydrogen-bond donors (Lipinski definition) is 0. The highest BCUT2D eigenvalue weighted by molar-refractivity contribution is 5.73. The average molecular weight is 335 g/mol. The van der Waals surface area contributed by atoms with Gasteiger partial charge >= 0.3 is 0 Å². The van der Waals surface area contributed by atoms with Gasteiger partial charge in [-0.05, 0) is 32.6 Å². The lowest BCUT2D eigenvalue weighted by molar-refractivity contribution is -0.130. The number of nitrogens with zero attached hydrogens (tertiary/aromatic N) is 5. The van der Waals surface area contributed by atoms with Crippen molar-refractivity contribution in [3.63, 3.8) is 0 Å². The van der Waals surface area contributed by atoms with Gasteiger partial charge in [-0.2, -0.15) is 4.98 Å². The van der Waals surface area contributed by atoms with Crippen LogP contribution in [-0.2, 0) is 4.79 Å². The Labute approximate surface area is 144 Å². The van der Waals surface area contributed by atoms with E-state index in [2.05, 4.69) is 26.9 Å². The van der Waals surface area contributed by atoms with Gasteiger partial charge in [-0.1, -0.05) is 5.16 Å². The number of amides is 1. The summed E-state index contributed by atoms with van der Waals surface area (Å²) in [5.41, 5.74) is 0. The summed E-state index contributed by atoms with van der Waals surface area (Å²) in [4.78, 5) is 22.7. The average Bonchev–Trinajstić information content (AvgIpc) is 3.02. The van der Waals surface area contributed by atoms with E-state index in [1.165, 1.54) is 0 Å². The van der Waals surface area contributed by atoms with Crippen molar-refractivity contribution in [2.24, 2.45) is 5.92 Å². The molecule has 1 aromatic rings. The highest BCUT2D eigenvalue weighted by Gasteiger charge is 2.28. The molecule has 0 spiro atoms. The van der Waals surface area contributed by atoms with Crippen molar-refractivity contribution in [2.75, 3.05) is 45.8 Å². The largest absolute Gasteiger partial charge is 0.343 e. The molecule has 0 aromatic carbocycles. The number of piperazine rings is 1. The van der Waals surface area contributed by atoms with Crippen LogP contribution in [0.25, 0.3) is 0 Å². The van der Waals surface area contributed by atoms with E-state index in [0.29, 0.717) is 5.82 Å². The van der Waals surface area contributed by atoms with E-state index in [-0.39, 0.29) is 11.9 Å². The van der Waals surface area contributed by atoms with Crippen LogP contribution < -0.4 is 0 Å². The first kappa shape index (κ1) is 17.4. The van der Waals surface area contributed by atoms with Crippen LogP contribution in [0.15, 0.2) is 4.52 Å². The van der Waals surface area contributed by atoms with Crippen LogP contribution >= 0.6 is 0 Å². The van der Waals surface area contributed by atoms with Crippen LogP contribution in [0.2, 0.25) is 0 Å². The number of aromatic nitrogens is 2. The summed E-state index contributed by atoms with van der Waals surface area (Å²) in [5, 5.41) is 3.89. The first-order valence-electron chi connectivity index (χ1n) is 9.05. The first-order chi connectivity index (χ1) is 11.5. The van der Waals surface area contributed by atoms with Gasteiger partial charge in [-0.25, -0.2) is 0 Å². The van der Waals surface area contributed by atoms with Crippen LogP contribution in [0.1, 0.15) is 44.4 Å². The Morgan fingerprint density at radius 1 is 1.21 bits per heavy atom. The lowest BCUT2D eigenvalue weighted by Crippen LogP contribution is -2.49. The van der Waals surface area contributed by atoms with Gasteiger partial charge in [-0.15, -0.1) is 0 Å². The molecule has 3 rings (SSSR count). The zero-order valence-electron chi connectivity index (χ0n) is 15.1. The van der Waals surface area contributed by atoms with Crippen molar-refractivity contribution >= 4 is 5.91 Å². The van der Waals surface area contributed by atoms with E-state index in [4.69, 9.17) is 4.52 Å². The molecule has 1 aromatic heterocycles. The number of hydrogen-bond acceptors (Lipinski definition) is 6. The van der Waals surface area contributed by atoms with Crippen molar-refractivity contribution < 1.29 is 9.32 Å². The SMILES string of the molecule is CC(=O)N1CCC(CN2CCN([C@H](C)c3nc(C)no3)CC2)CC1. The minimum atomic E-state index is 0.187. The third-order valence-corrected chi connectivity index (χ3v) is 5.43. The summed E-state index contributed by atoms with van der Waals surface area (Å²) in [6.07, 6.45) is 2.27. The zero-order chi connectivity index (χ0) is 17.1. The predicted octanol–water partition coefficient (Wildman–Crippen LogP) is 1.32. The van der Waals surface area contributed by atoms with E-state index in [1.54, 1.807) is 6.92 Å². The van der Waals surface area contributed by atoms with Crippen molar-refractivity contribution in [3.05, 3.63) is 11.7 Å². The molecule has 0 aliphatic carbocycles. The third-order valence-electron chi connectivity index (χ3n) is 5.43. The van der Waals surface area contributed by atoms with Crippen molar-refractivity contribution in [1.29, 1.82) is 0 Å². The molecule has 2 saturated heterocycles. The van der Waals surface area contributed by atoms with E-state index in [1.807, 2.05) is 11.8 Å². The van der Waals surface area contributed by atoms with Crippen molar-refractivity contribution in [3.8, 4) is 0 Å². The Morgan fingerprint density at radius 3 is 2.42 bits per heavy atom. The monoisotopic (exact) mass is 335 g/mol. The predicted molar refractivity (Wildman–Crippen MR) is 90.4 cm³/mol. The van der Waals surface area contributed by atoms with Gasteiger partial charge in [0.15, 0.2) is 5.82 Å². The van der Waals surface area contributed by atoms with E-state index in [0.717, 1.165) is 70.5 Å². The van der Waals surface area contributed by atoms with Gasteiger partial charge < -0.3 is 14.3 Å². The zero-order valence-corrected chi connectivity index (χ0v) is 15.1. The number of piperidine rings is 1. The van der Waals surface area contributed by atoms with Gasteiger partial charge in [0.2, 0.25) is 11.8 Å². The second-order valence-corrected chi connectivity index (χ2v) is 7.14. The quantitative estimate of drug-likeness (QED) is 0.827. The Bertz CT molecular complexity index is 545. The summed E-state index contributed by atoms with van der Waals surface area (Å²) >= 11 is 0. The lowest BCUT2D eigenvalue weighted by atomic mass is 9.96. The summed E-state index contributed by atoms with van der Waals surface area (Å²) < 4.78 is 5.31. The molecular weight excluding hydrogens is 306 g/mol. The minimum Gasteiger partial charge on any atom is -0.343 e. The van der Waals surface area contributed by atoms with Gasteiger partial charge in [0, 0.05) is 52.7 Å². The summed E-state index contributed by atoms with van der Waals surface area (Å²) in [7, 11) is 0. The summed E-state index contributed by atoms with van der Waals surface area (Å²) in [5.74, 6) is 2.36. The maximum Gasteiger partial charge on any atom is 0.243 e. The van der Waals surface area contributed by atoms with Gasteiger partial charge in [0.05, 0.1) is 6.04 Å². The molecule has 0 N–H and O–H groups in total. The van der Waals surface area contributed by atoms with Crippen molar-refractivity contribution in [1.82, 2.24) is 24.8 Å². The Morgan fingerprint density at radius 2 is 1.88 bits per heavy atom. The molecule has 1 atom stereocenters. The minimum absolute atomic E-state index is 0.187. The molecule has 24 heavy (non-hydrogen) atoms. The molecule has 0 saturated carbocycles. The number of carbonyl (C=O) groups is 1. The van der Waals surface area contributed by atoms with E-state index in [9.17, 15) is 4.79 Å².